The van der Waals surface area contributed by atoms with Crippen molar-refractivity contribution >= 4 is 5.91 Å². The second-order valence-electron chi connectivity index (χ2n) is 9.85. The Morgan fingerprint density at radius 1 is 1.00 bits per heavy atom. The summed E-state index contributed by atoms with van der Waals surface area (Å²) < 4.78 is 20.4. The number of ether oxygens (including phenoxy) is 1. The van der Waals surface area contributed by atoms with Crippen molar-refractivity contribution in [2.24, 2.45) is 0 Å². The van der Waals surface area contributed by atoms with E-state index in [1.54, 1.807) is 12.1 Å². The maximum absolute atomic E-state index is 14.4. The SMILES string of the molecule is N#Cc1ccc(C(c2ccc(OC3CCCC3)nc2)N2CC[C@@H](NC(=O)c3ccc(C#N)cc3F)C2)cc1. The summed E-state index contributed by atoms with van der Waals surface area (Å²) in [5.41, 5.74) is 2.68. The van der Waals surface area contributed by atoms with Crippen LogP contribution in [0.2, 0.25) is 0 Å². The van der Waals surface area contributed by atoms with Gasteiger partial charge in [0.1, 0.15) is 11.9 Å². The van der Waals surface area contributed by atoms with Crippen LogP contribution in [0.15, 0.2) is 60.8 Å². The number of hydrogen-bond acceptors (Lipinski definition) is 6. The third kappa shape index (κ3) is 5.66. The van der Waals surface area contributed by atoms with Crippen LogP contribution in [0.4, 0.5) is 4.39 Å². The second kappa shape index (κ2) is 11.4. The van der Waals surface area contributed by atoms with Crippen LogP contribution in [-0.4, -0.2) is 41.0 Å². The summed E-state index contributed by atoms with van der Waals surface area (Å²) in [5, 5.41) is 21.1. The molecule has 2 aromatic carbocycles. The second-order valence-corrected chi connectivity index (χ2v) is 9.85. The Balaban J connectivity index is 1.33. The highest BCUT2D eigenvalue weighted by molar-refractivity contribution is 5.94. The molecule has 8 heteroatoms. The summed E-state index contributed by atoms with van der Waals surface area (Å²) in [6.07, 6.45) is 7.27. The fraction of sp³-hybridized carbons (Fsp3) is 0.333. The molecule has 1 N–H and O–H groups in total. The molecule has 1 aliphatic carbocycles. The maximum atomic E-state index is 14.4. The Bertz CT molecular complexity index is 1370. The van der Waals surface area contributed by atoms with E-state index >= 15 is 0 Å². The number of nitriles is 2. The largest absolute Gasteiger partial charge is 0.474 e. The topological polar surface area (TPSA) is 102 Å². The number of hydrogen-bond donors (Lipinski definition) is 1. The Kier molecular flexibility index (Phi) is 7.62. The van der Waals surface area contributed by atoms with Crippen molar-refractivity contribution in [3.05, 3.63) is 94.4 Å². The first-order valence-electron chi connectivity index (χ1n) is 12.9. The zero-order valence-electron chi connectivity index (χ0n) is 20.9. The number of rotatable bonds is 7. The van der Waals surface area contributed by atoms with Crippen LogP contribution in [0.5, 0.6) is 5.88 Å². The fourth-order valence-corrected chi connectivity index (χ4v) is 5.33. The van der Waals surface area contributed by atoms with Gasteiger partial charge in [0.05, 0.1) is 34.9 Å². The zero-order chi connectivity index (χ0) is 26.5. The molecule has 0 radical (unpaired) electrons. The minimum atomic E-state index is -0.710. The van der Waals surface area contributed by atoms with E-state index in [0.717, 1.165) is 30.0 Å². The highest BCUT2D eigenvalue weighted by Crippen LogP contribution is 2.33. The predicted molar refractivity (Wildman–Crippen MR) is 139 cm³/mol. The number of benzene rings is 2. The molecule has 1 aliphatic heterocycles. The Labute approximate surface area is 221 Å². The summed E-state index contributed by atoms with van der Waals surface area (Å²) in [7, 11) is 0. The Morgan fingerprint density at radius 2 is 1.71 bits per heavy atom. The highest BCUT2D eigenvalue weighted by atomic mass is 19.1. The first-order chi connectivity index (χ1) is 18.5. The fourth-order valence-electron chi connectivity index (χ4n) is 5.33. The molecule has 38 heavy (non-hydrogen) atoms. The molecular formula is C30H28FN5O2. The van der Waals surface area contributed by atoms with Gasteiger partial charge in [-0.1, -0.05) is 18.2 Å². The lowest BCUT2D eigenvalue weighted by molar-refractivity contribution is 0.0932. The molecule has 2 atom stereocenters. The van der Waals surface area contributed by atoms with Crippen LogP contribution in [0, 0.1) is 28.5 Å². The van der Waals surface area contributed by atoms with Gasteiger partial charge in [0.25, 0.3) is 5.91 Å². The molecule has 1 amide bonds. The zero-order valence-corrected chi connectivity index (χ0v) is 20.9. The van der Waals surface area contributed by atoms with Crippen LogP contribution >= 0.6 is 0 Å². The number of aromatic nitrogens is 1. The molecule has 7 nitrogen and oxygen atoms in total. The maximum Gasteiger partial charge on any atom is 0.254 e. The van der Waals surface area contributed by atoms with Crippen LogP contribution in [0.3, 0.4) is 0 Å². The predicted octanol–water partition coefficient (Wildman–Crippen LogP) is 4.88. The van der Waals surface area contributed by atoms with Crippen molar-refractivity contribution in [2.45, 2.75) is 50.3 Å². The van der Waals surface area contributed by atoms with E-state index in [9.17, 15) is 14.4 Å². The summed E-state index contributed by atoms with van der Waals surface area (Å²) in [6.45, 7) is 1.28. The lowest BCUT2D eigenvalue weighted by Crippen LogP contribution is -2.38. The summed E-state index contributed by atoms with van der Waals surface area (Å²) in [4.78, 5) is 19.6. The van der Waals surface area contributed by atoms with E-state index < -0.39 is 11.7 Å². The van der Waals surface area contributed by atoms with Crippen LogP contribution in [0.25, 0.3) is 0 Å². The van der Waals surface area contributed by atoms with E-state index in [1.807, 2.05) is 36.5 Å². The third-order valence-electron chi connectivity index (χ3n) is 7.28. The minimum absolute atomic E-state index is 0.0758. The van der Waals surface area contributed by atoms with Crippen molar-refractivity contribution in [2.75, 3.05) is 13.1 Å². The number of halogens is 1. The summed E-state index contributed by atoms with van der Waals surface area (Å²) in [5.74, 6) is -0.586. The van der Waals surface area contributed by atoms with Gasteiger partial charge in [-0.2, -0.15) is 10.5 Å². The Morgan fingerprint density at radius 3 is 2.37 bits per heavy atom. The van der Waals surface area contributed by atoms with Gasteiger partial charge in [-0.25, -0.2) is 9.37 Å². The van der Waals surface area contributed by atoms with Gasteiger partial charge >= 0.3 is 0 Å². The quantitative estimate of drug-likeness (QED) is 0.487. The number of nitrogens with one attached hydrogen (secondary N) is 1. The van der Waals surface area contributed by atoms with Crippen LogP contribution in [0.1, 0.15) is 70.8 Å². The summed E-state index contributed by atoms with van der Waals surface area (Å²) in [6, 6.07) is 19.0. The molecule has 2 fully saturated rings. The van der Waals surface area contributed by atoms with E-state index in [2.05, 4.69) is 21.3 Å². The van der Waals surface area contributed by atoms with E-state index in [1.165, 1.54) is 25.0 Å². The first-order valence-corrected chi connectivity index (χ1v) is 12.9. The number of pyridine rings is 1. The number of nitrogens with zero attached hydrogens (tertiary/aromatic N) is 4. The van der Waals surface area contributed by atoms with E-state index in [-0.39, 0.29) is 29.3 Å². The molecule has 1 unspecified atom stereocenters. The van der Waals surface area contributed by atoms with E-state index in [4.69, 9.17) is 10.00 Å². The molecular weight excluding hydrogens is 481 g/mol. The van der Waals surface area contributed by atoms with Gasteiger partial charge in [-0.05, 0) is 73.6 Å². The molecule has 1 saturated carbocycles. The van der Waals surface area contributed by atoms with Crippen molar-refractivity contribution < 1.29 is 13.9 Å². The van der Waals surface area contributed by atoms with Gasteiger partial charge in [0, 0.05) is 31.4 Å². The molecule has 2 aliphatic rings. The first kappa shape index (κ1) is 25.4. The van der Waals surface area contributed by atoms with Crippen molar-refractivity contribution in [1.82, 2.24) is 15.2 Å². The molecule has 1 saturated heterocycles. The number of likely N-dealkylation sites (tertiary alicyclic amines) is 1. The van der Waals surface area contributed by atoms with Crippen molar-refractivity contribution in [3.8, 4) is 18.0 Å². The molecule has 3 aromatic rings. The molecule has 0 bridgehead atoms. The Hall–Kier alpha value is -4.27. The smallest absolute Gasteiger partial charge is 0.254 e. The van der Waals surface area contributed by atoms with Gasteiger partial charge in [0.15, 0.2) is 0 Å². The van der Waals surface area contributed by atoms with Gasteiger partial charge < -0.3 is 10.1 Å². The molecule has 192 valence electrons. The lowest BCUT2D eigenvalue weighted by Gasteiger charge is -2.29. The third-order valence-corrected chi connectivity index (χ3v) is 7.28. The average molecular weight is 510 g/mol. The normalized spacial score (nSPS) is 18.4. The van der Waals surface area contributed by atoms with Crippen LogP contribution in [-0.2, 0) is 0 Å². The molecule has 0 spiro atoms. The average Bonchev–Trinajstić information content (AvgIpc) is 3.62. The van der Waals surface area contributed by atoms with Crippen molar-refractivity contribution in [3.63, 3.8) is 0 Å². The lowest BCUT2D eigenvalue weighted by atomic mass is 9.97. The van der Waals surface area contributed by atoms with Gasteiger partial charge in [0.2, 0.25) is 5.88 Å². The van der Waals surface area contributed by atoms with Crippen molar-refractivity contribution in [1.29, 1.82) is 10.5 Å². The number of carbonyl (C=O) groups excluding carboxylic acids is 1. The minimum Gasteiger partial charge on any atom is -0.474 e. The molecule has 2 heterocycles. The molecule has 1 aromatic heterocycles. The standard InChI is InChI=1S/C30H28FN5O2/c31-27-15-21(17-33)7-11-26(27)30(37)35-24-13-14-36(19-24)29(22-8-5-20(16-32)6-9-22)23-10-12-28(34-18-23)38-25-3-1-2-4-25/h5-12,15,18,24-25,29H,1-4,13-14,19H2,(H,35,37)/t24-,29?/m1/s1. The monoisotopic (exact) mass is 509 g/mol. The van der Waals surface area contributed by atoms with E-state index in [0.29, 0.717) is 31.0 Å². The summed E-state index contributed by atoms with van der Waals surface area (Å²) >= 11 is 0. The van der Waals surface area contributed by atoms with Gasteiger partial charge in [-0.3, -0.25) is 9.69 Å². The highest BCUT2D eigenvalue weighted by Gasteiger charge is 2.32. The number of amides is 1. The number of carbonyl (C=O) groups is 1. The molecule has 5 rings (SSSR count). The van der Waals surface area contributed by atoms with Crippen LogP contribution < -0.4 is 10.1 Å². The van der Waals surface area contributed by atoms with Gasteiger partial charge in [-0.15, -0.1) is 0 Å².